The van der Waals surface area contributed by atoms with Crippen molar-refractivity contribution in [2.75, 3.05) is 6.54 Å². The summed E-state index contributed by atoms with van der Waals surface area (Å²) in [5, 5.41) is 17.0. The number of halogens is 2. The zero-order chi connectivity index (χ0) is 21.9. The second kappa shape index (κ2) is 9.23. The molecule has 2 aromatic carbocycles. The van der Waals surface area contributed by atoms with Crippen LogP contribution < -0.4 is 10.6 Å². The monoisotopic (exact) mass is 416 g/mol. The van der Waals surface area contributed by atoms with Gasteiger partial charge in [-0.15, -0.1) is 0 Å². The van der Waals surface area contributed by atoms with Crippen LogP contribution in [-0.4, -0.2) is 29.7 Å². The van der Waals surface area contributed by atoms with Crippen LogP contribution in [-0.2, 0) is 16.8 Å². The number of hydrogen-bond acceptors (Lipinski definition) is 3. The van der Waals surface area contributed by atoms with Crippen molar-refractivity contribution >= 4 is 5.91 Å². The fourth-order valence-corrected chi connectivity index (χ4v) is 3.86. The van der Waals surface area contributed by atoms with Gasteiger partial charge in [-0.3, -0.25) is 4.79 Å². The summed E-state index contributed by atoms with van der Waals surface area (Å²) in [7, 11) is 0. The van der Waals surface area contributed by atoms with E-state index in [2.05, 4.69) is 48.7 Å². The molecule has 1 aliphatic carbocycles. The maximum absolute atomic E-state index is 13.5. The number of nitrogens with one attached hydrogen (secondary N) is 2. The first-order valence-electron chi connectivity index (χ1n) is 10.4. The molecule has 1 unspecified atom stereocenters. The van der Waals surface area contributed by atoms with E-state index < -0.39 is 23.8 Å². The summed E-state index contributed by atoms with van der Waals surface area (Å²) in [6, 6.07) is 11.1. The van der Waals surface area contributed by atoms with Crippen LogP contribution >= 0.6 is 0 Å². The molecule has 0 saturated heterocycles. The van der Waals surface area contributed by atoms with Gasteiger partial charge in [0.25, 0.3) is 0 Å². The Kier molecular flexibility index (Phi) is 6.88. The molecule has 2 atom stereocenters. The van der Waals surface area contributed by atoms with Crippen LogP contribution in [0, 0.1) is 11.6 Å². The van der Waals surface area contributed by atoms with Gasteiger partial charge in [-0.05, 0) is 54.0 Å². The minimum atomic E-state index is -0.911. The smallest absolute Gasteiger partial charge is 0.217 e. The topological polar surface area (TPSA) is 61.4 Å². The van der Waals surface area contributed by atoms with E-state index in [4.69, 9.17) is 0 Å². The molecule has 0 spiro atoms. The Hall–Kier alpha value is -2.31. The van der Waals surface area contributed by atoms with Gasteiger partial charge in [0.1, 0.15) is 11.6 Å². The number of rotatable bonds is 9. The summed E-state index contributed by atoms with van der Waals surface area (Å²) in [6.45, 7) is 5.93. The van der Waals surface area contributed by atoms with E-state index in [1.165, 1.54) is 30.2 Å². The maximum Gasteiger partial charge on any atom is 0.217 e. The lowest BCUT2D eigenvalue weighted by atomic mass is 9.96. The molecule has 1 fully saturated rings. The number of aliphatic hydroxyl groups is 1. The van der Waals surface area contributed by atoms with Crippen LogP contribution in [0.25, 0.3) is 0 Å². The predicted molar refractivity (Wildman–Crippen MR) is 113 cm³/mol. The number of amides is 1. The van der Waals surface area contributed by atoms with E-state index in [1.807, 2.05) is 0 Å². The molecular weight excluding hydrogens is 386 g/mol. The Labute approximate surface area is 176 Å². The molecule has 1 amide bonds. The van der Waals surface area contributed by atoms with Crippen molar-refractivity contribution in [1.82, 2.24) is 10.6 Å². The van der Waals surface area contributed by atoms with Gasteiger partial charge in [0, 0.05) is 25.1 Å². The van der Waals surface area contributed by atoms with Crippen molar-refractivity contribution in [1.29, 1.82) is 0 Å². The van der Waals surface area contributed by atoms with Gasteiger partial charge in [-0.2, -0.15) is 0 Å². The van der Waals surface area contributed by atoms with Gasteiger partial charge in [0.2, 0.25) is 5.91 Å². The van der Waals surface area contributed by atoms with Gasteiger partial charge < -0.3 is 15.7 Å². The van der Waals surface area contributed by atoms with Crippen LogP contribution in [0.3, 0.4) is 0 Å². The number of carbonyl (C=O) groups is 1. The van der Waals surface area contributed by atoms with Gasteiger partial charge in [0.15, 0.2) is 0 Å². The highest BCUT2D eigenvalue weighted by atomic mass is 19.1. The zero-order valence-electron chi connectivity index (χ0n) is 17.7. The van der Waals surface area contributed by atoms with E-state index in [-0.39, 0.29) is 24.4 Å². The molecule has 4 nitrogen and oxygen atoms in total. The SMILES string of the molecule is CC(=O)N[C@@H](Cc1cc(F)cc(F)c1)C(O)CNC1(c2cccc(C(C)C)c2)CC1. The summed E-state index contributed by atoms with van der Waals surface area (Å²) in [5.74, 6) is -1.23. The van der Waals surface area contributed by atoms with Crippen LogP contribution in [0.4, 0.5) is 8.78 Å². The lowest BCUT2D eigenvalue weighted by molar-refractivity contribution is -0.120. The Morgan fingerprint density at radius 1 is 1.13 bits per heavy atom. The molecule has 6 heteroatoms. The largest absolute Gasteiger partial charge is 0.390 e. The van der Waals surface area contributed by atoms with Crippen LogP contribution in [0.2, 0.25) is 0 Å². The van der Waals surface area contributed by atoms with Crippen LogP contribution in [0.1, 0.15) is 56.2 Å². The van der Waals surface area contributed by atoms with Gasteiger partial charge in [-0.1, -0.05) is 38.1 Å². The highest BCUT2D eigenvalue weighted by molar-refractivity contribution is 5.73. The second-order valence-corrected chi connectivity index (χ2v) is 8.60. The number of hydrogen-bond donors (Lipinski definition) is 3. The minimum Gasteiger partial charge on any atom is -0.390 e. The highest BCUT2D eigenvalue weighted by Gasteiger charge is 2.44. The first-order valence-corrected chi connectivity index (χ1v) is 10.4. The summed E-state index contributed by atoms with van der Waals surface area (Å²) < 4.78 is 27.1. The van der Waals surface area contributed by atoms with Gasteiger partial charge in [-0.25, -0.2) is 8.78 Å². The number of carbonyl (C=O) groups excluding carboxylic acids is 1. The van der Waals surface area contributed by atoms with Gasteiger partial charge in [0.05, 0.1) is 12.1 Å². The average molecular weight is 417 g/mol. The molecule has 3 rings (SSSR count). The van der Waals surface area contributed by atoms with E-state index >= 15 is 0 Å². The van der Waals surface area contributed by atoms with E-state index in [9.17, 15) is 18.7 Å². The minimum absolute atomic E-state index is 0.132. The number of aliphatic hydroxyl groups excluding tert-OH is 1. The molecule has 162 valence electrons. The van der Waals surface area contributed by atoms with Crippen LogP contribution in [0.15, 0.2) is 42.5 Å². The third-order valence-corrected chi connectivity index (χ3v) is 5.74. The van der Waals surface area contributed by atoms with Crippen LogP contribution in [0.5, 0.6) is 0 Å². The molecule has 0 aliphatic heterocycles. The molecule has 2 aromatic rings. The highest BCUT2D eigenvalue weighted by Crippen LogP contribution is 2.46. The fourth-order valence-electron chi connectivity index (χ4n) is 3.86. The van der Waals surface area contributed by atoms with Crippen molar-refractivity contribution < 1.29 is 18.7 Å². The Morgan fingerprint density at radius 3 is 2.37 bits per heavy atom. The van der Waals surface area contributed by atoms with Crippen molar-refractivity contribution in [3.8, 4) is 0 Å². The Bertz CT molecular complexity index is 876. The van der Waals surface area contributed by atoms with E-state index in [0.717, 1.165) is 18.9 Å². The van der Waals surface area contributed by atoms with Crippen molar-refractivity contribution in [2.45, 2.75) is 63.6 Å². The van der Waals surface area contributed by atoms with E-state index in [0.29, 0.717) is 11.5 Å². The zero-order valence-corrected chi connectivity index (χ0v) is 17.7. The molecule has 0 radical (unpaired) electrons. The van der Waals surface area contributed by atoms with Crippen molar-refractivity contribution in [3.63, 3.8) is 0 Å². The Morgan fingerprint density at radius 2 is 1.80 bits per heavy atom. The van der Waals surface area contributed by atoms with Crippen molar-refractivity contribution in [3.05, 3.63) is 70.8 Å². The average Bonchev–Trinajstić information content (AvgIpc) is 3.46. The molecule has 3 N–H and O–H groups in total. The third-order valence-electron chi connectivity index (χ3n) is 5.74. The second-order valence-electron chi connectivity index (χ2n) is 8.60. The molecule has 30 heavy (non-hydrogen) atoms. The lowest BCUT2D eigenvalue weighted by Gasteiger charge is -2.27. The summed E-state index contributed by atoms with van der Waals surface area (Å²) in [6.07, 6.45) is 1.17. The summed E-state index contributed by atoms with van der Waals surface area (Å²) in [4.78, 5) is 11.6. The quantitative estimate of drug-likeness (QED) is 0.583. The molecule has 0 aromatic heterocycles. The maximum atomic E-state index is 13.5. The Balaban J connectivity index is 1.69. The molecular formula is C24H30F2N2O2. The molecule has 1 saturated carbocycles. The van der Waals surface area contributed by atoms with Crippen molar-refractivity contribution in [2.24, 2.45) is 0 Å². The molecule has 1 aliphatic rings. The normalized spacial score (nSPS) is 16.9. The standard InChI is InChI=1S/C24H30F2N2O2/c1-15(2)18-5-4-6-19(12-18)24(7-8-24)27-14-23(30)22(28-16(3)29)11-17-9-20(25)13-21(26)10-17/h4-6,9-10,12-13,15,22-23,27,30H,7-8,11,14H2,1-3H3,(H,28,29)/t22-,23?/m0/s1. The summed E-state index contributed by atoms with van der Waals surface area (Å²) in [5.41, 5.74) is 2.68. The lowest BCUT2D eigenvalue weighted by Crippen LogP contribution is -2.49. The predicted octanol–water partition coefficient (Wildman–Crippen LogP) is 3.78. The fraction of sp³-hybridized carbons (Fsp3) is 0.458. The van der Waals surface area contributed by atoms with Gasteiger partial charge >= 0.3 is 0 Å². The van der Waals surface area contributed by atoms with E-state index in [1.54, 1.807) is 0 Å². The first-order chi connectivity index (χ1) is 14.2. The third kappa shape index (κ3) is 5.64. The first kappa shape index (κ1) is 22.4. The number of benzene rings is 2. The summed E-state index contributed by atoms with van der Waals surface area (Å²) >= 11 is 0. The molecule has 0 bridgehead atoms. The molecule has 0 heterocycles.